The molecule has 1 N–H and O–H groups in total. The van der Waals surface area contributed by atoms with Gasteiger partial charge in [-0.1, -0.05) is 0 Å². The third kappa shape index (κ3) is 4.45. The van der Waals surface area contributed by atoms with Crippen molar-refractivity contribution in [3.8, 4) is 0 Å². The molecule has 0 radical (unpaired) electrons. The Kier molecular flexibility index (Phi) is 4.99. The molecule has 6 nitrogen and oxygen atoms in total. The van der Waals surface area contributed by atoms with Crippen molar-refractivity contribution in [2.45, 2.75) is 12.8 Å². The highest BCUT2D eigenvalue weighted by Crippen LogP contribution is 2.30. The van der Waals surface area contributed by atoms with Crippen LogP contribution in [0.4, 0.5) is 0 Å². The number of nitrogens with zero attached hydrogens (tertiary/aromatic N) is 3. The number of aliphatic carboxylic acids is 1. The van der Waals surface area contributed by atoms with Crippen molar-refractivity contribution in [1.29, 1.82) is 0 Å². The van der Waals surface area contributed by atoms with E-state index in [2.05, 4.69) is 4.90 Å². The van der Waals surface area contributed by atoms with Gasteiger partial charge in [-0.2, -0.15) is 0 Å². The molecule has 0 aromatic rings. The van der Waals surface area contributed by atoms with Crippen LogP contribution < -0.4 is 0 Å². The van der Waals surface area contributed by atoms with Gasteiger partial charge < -0.3 is 14.9 Å². The molecular formula is C14H25N3O3. The van der Waals surface area contributed by atoms with Gasteiger partial charge in [0.2, 0.25) is 5.91 Å². The first-order valence-electron chi connectivity index (χ1n) is 7.33. The predicted molar refractivity (Wildman–Crippen MR) is 75.4 cm³/mol. The Labute approximate surface area is 120 Å². The van der Waals surface area contributed by atoms with Gasteiger partial charge in [0.1, 0.15) is 0 Å². The van der Waals surface area contributed by atoms with E-state index in [9.17, 15) is 14.7 Å². The van der Waals surface area contributed by atoms with E-state index in [1.165, 1.54) is 12.8 Å². The van der Waals surface area contributed by atoms with Gasteiger partial charge in [-0.3, -0.25) is 14.5 Å². The van der Waals surface area contributed by atoms with E-state index in [4.69, 9.17) is 0 Å². The molecule has 1 unspecified atom stereocenters. The molecule has 1 atom stereocenters. The van der Waals surface area contributed by atoms with E-state index in [0.717, 1.165) is 25.6 Å². The first-order chi connectivity index (χ1) is 9.45. The molecule has 0 aromatic carbocycles. The van der Waals surface area contributed by atoms with Crippen LogP contribution in [0.2, 0.25) is 0 Å². The standard InChI is InChI=1S/C14H25N3O3/c1-15(2)13(18)10-17-6-5-16(7-11-3-4-11)8-12(9-17)14(19)20/h11-12H,3-10H2,1-2H3,(H,19,20). The Morgan fingerprint density at radius 3 is 2.30 bits per heavy atom. The van der Waals surface area contributed by atoms with Gasteiger partial charge in [-0.15, -0.1) is 0 Å². The van der Waals surface area contributed by atoms with Crippen LogP contribution in [0.25, 0.3) is 0 Å². The first-order valence-corrected chi connectivity index (χ1v) is 7.33. The summed E-state index contributed by atoms with van der Waals surface area (Å²) >= 11 is 0. The number of likely N-dealkylation sites (N-methyl/N-ethyl adjacent to an activating group) is 1. The summed E-state index contributed by atoms with van der Waals surface area (Å²) < 4.78 is 0. The highest BCUT2D eigenvalue weighted by atomic mass is 16.4. The number of rotatable bonds is 5. The quantitative estimate of drug-likeness (QED) is 0.757. The molecule has 1 heterocycles. The minimum Gasteiger partial charge on any atom is -0.481 e. The highest BCUT2D eigenvalue weighted by molar-refractivity contribution is 5.77. The van der Waals surface area contributed by atoms with Gasteiger partial charge in [-0.25, -0.2) is 0 Å². The number of carbonyl (C=O) groups excluding carboxylic acids is 1. The molecule has 0 spiro atoms. The molecule has 2 fully saturated rings. The molecule has 1 amide bonds. The zero-order chi connectivity index (χ0) is 14.7. The van der Waals surface area contributed by atoms with Gasteiger partial charge in [0.25, 0.3) is 0 Å². The lowest BCUT2D eigenvalue weighted by atomic mass is 10.1. The summed E-state index contributed by atoms with van der Waals surface area (Å²) in [5.74, 6) is -0.356. The highest BCUT2D eigenvalue weighted by Gasteiger charge is 2.31. The molecule has 2 rings (SSSR count). The second-order valence-electron chi connectivity index (χ2n) is 6.26. The van der Waals surface area contributed by atoms with Crippen molar-refractivity contribution in [3.05, 3.63) is 0 Å². The molecule has 1 aliphatic heterocycles. The number of carboxylic acids is 1. The van der Waals surface area contributed by atoms with Gasteiger partial charge in [0, 0.05) is 46.8 Å². The van der Waals surface area contributed by atoms with E-state index < -0.39 is 11.9 Å². The van der Waals surface area contributed by atoms with Gasteiger partial charge in [0.05, 0.1) is 12.5 Å². The topological polar surface area (TPSA) is 64.1 Å². The second-order valence-corrected chi connectivity index (χ2v) is 6.26. The molecule has 0 bridgehead atoms. The maximum Gasteiger partial charge on any atom is 0.309 e. The fourth-order valence-electron chi connectivity index (χ4n) is 2.61. The average molecular weight is 283 g/mol. The van der Waals surface area contributed by atoms with Crippen molar-refractivity contribution < 1.29 is 14.7 Å². The number of hydrogen-bond donors (Lipinski definition) is 1. The summed E-state index contributed by atoms with van der Waals surface area (Å²) in [6, 6.07) is 0. The molecule has 1 saturated carbocycles. The van der Waals surface area contributed by atoms with E-state index in [1.807, 2.05) is 4.90 Å². The molecule has 20 heavy (non-hydrogen) atoms. The normalized spacial score (nSPS) is 25.2. The third-order valence-electron chi connectivity index (χ3n) is 4.11. The van der Waals surface area contributed by atoms with Crippen LogP contribution in [0.1, 0.15) is 12.8 Å². The van der Waals surface area contributed by atoms with E-state index >= 15 is 0 Å². The summed E-state index contributed by atoms with van der Waals surface area (Å²) in [6.07, 6.45) is 2.55. The van der Waals surface area contributed by atoms with Crippen LogP contribution in [0.15, 0.2) is 0 Å². The van der Waals surface area contributed by atoms with Crippen molar-refractivity contribution >= 4 is 11.9 Å². The zero-order valence-electron chi connectivity index (χ0n) is 12.4. The second kappa shape index (κ2) is 6.54. The SMILES string of the molecule is CN(C)C(=O)CN1CCN(CC2CC2)CC(C(=O)O)C1. The fraction of sp³-hybridized carbons (Fsp3) is 0.857. The molecule has 1 saturated heterocycles. The van der Waals surface area contributed by atoms with Crippen LogP contribution in [-0.2, 0) is 9.59 Å². The van der Waals surface area contributed by atoms with Crippen LogP contribution in [0.5, 0.6) is 0 Å². The maximum absolute atomic E-state index is 11.8. The number of carboxylic acid groups (broad SMARTS) is 1. The van der Waals surface area contributed by atoms with Crippen LogP contribution in [-0.4, -0.2) is 85.0 Å². The van der Waals surface area contributed by atoms with Crippen molar-refractivity contribution in [2.24, 2.45) is 11.8 Å². The zero-order valence-corrected chi connectivity index (χ0v) is 12.4. The van der Waals surface area contributed by atoms with Crippen LogP contribution in [0.3, 0.4) is 0 Å². The molecule has 6 heteroatoms. The smallest absolute Gasteiger partial charge is 0.309 e. The summed E-state index contributed by atoms with van der Waals surface area (Å²) in [5, 5.41) is 9.34. The monoisotopic (exact) mass is 283 g/mol. The van der Waals surface area contributed by atoms with Gasteiger partial charge in [-0.05, 0) is 18.8 Å². The Morgan fingerprint density at radius 2 is 1.75 bits per heavy atom. The minimum absolute atomic E-state index is 0.0322. The Balaban J connectivity index is 1.93. The van der Waals surface area contributed by atoms with Crippen molar-refractivity contribution in [1.82, 2.24) is 14.7 Å². The van der Waals surface area contributed by atoms with Crippen molar-refractivity contribution in [2.75, 3.05) is 53.4 Å². The van der Waals surface area contributed by atoms with Crippen molar-refractivity contribution in [3.63, 3.8) is 0 Å². The summed E-state index contributed by atoms with van der Waals surface area (Å²) in [4.78, 5) is 29.0. The Hall–Kier alpha value is -1.14. The van der Waals surface area contributed by atoms with E-state index in [0.29, 0.717) is 19.6 Å². The van der Waals surface area contributed by atoms with E-state index in [-0.39, 0.29) is 5.91 Å². The first kappa shape index (κ1) is 15.3. The maximum atomic E-state index is 11.8. The number of hydrogen-bond acceptors (Lipinski definition) is 4. The minimum atomic E-state index is -0.755. The van der Waals surface area contributed by atoms with Crippen LogP contribution >= 0.6 is 0 Å². The van der Waals surface area contributed by atoms with Gasteiger partial charge >= 0.3 is 5.97 Å². The third-order valence-corrected chi connectivity index (χ3v) is 4.11. The summed E-state index contributed by atoms with van der Waals surface area (Å²) in [7, 11) is 3.46. The Morgan fingerprint density at radius 1 is 1.15 bits per heavy atom. The number of carbonyl (C=O) groups is 2. The molecule has 114 valence electrons. The Bertz CT molecular complexity index is 369. The van der Waals surface area contributed by atoms with Crippen LogP contribution in [0, 0.1) is 11.8 Å². The lowest BCUT2D eigenvalue weighted by molar-refractivity contribution is -0.143. The van der Waals surface area contributed by atoms with E-state index in [1.54, 1.807) is 19.0 Å². The summed E-state index contributed by atoms with van der Waals surface area (Å²) in [6.45, 7) is 4.04. The molecule has 0 aromatic heterocycles. The lowest BCUT2D eigenvalue weighted by Gasteiger charge is -2.22. The number of amides is 1. The molecular weight excluding hydrogens is 258 g/mol. The summed E-state index contributed by atoms with van der Waals surface area (Å²) in [5.41, 5.74) is 0. The van der Waals surface area contributed by atoms with Gasteiger partial charge in [0.15, 0.2) is 0 Å². The largest absolute Gasteiger partial charge is 0.481 e. The molecule has 1 aliphatic carbocycles. The molecule has 2 aliphatic rings. The lowest BCUT2D eigenvalue weighted by Crippen LogP contribution is -2.40. The fourth-order valence-corrected chi connectivity index (χ4v) is 2.61. The average Bonchev–Trinajstić information content (AvgIpc) is 3.18. The predicted octanol–water partition coefficient (Wildman–Crippen LogP) is -0.197.